The molecule has 102 valence electrons. The van der Waals surface area contributed by atoms with Gasteiger partial charge in [0.25, 0.3) is 0 Å². The van der Waals surface area contributed by atoms with Crippen LogP contribution in [0.15, 0.2) is 11.1 Å². The van der Waals surface area contributed by atoms with E-state index in [1.54, 1.807) is 19.4 Å². The van der Waals surface area contributed by atoms with Crippen molar-refractivity contribution in [2.24, 2.45) is 0 Å². The molecule has 8 heteroatoms. The van der Waals surface area contributed by atoms with Crippen molar-refractivity contribution in [3.8, 4) is 0 Å². The van der Waals surface area contributed by atoms with Crippen molar-refractivity contribution in [1.82, 2.24) is 4.90 Å². The summed E-state index contributed by atoms with van der Waals surface area (Å²) in [6, 6.07) is 0. The summed E-state index contributed by atoms with van der Waals surface area (Å²) >= 11 is 0. The summed E-state index contributed by atoms with van der Waals surface area (Å²) in [6.45, 7) is 4.52. The van der Waals surface area contributed by atoms with Gasteiger partial charge in [0.2, 0.25) is 0 Å². The summed E-state index contributed by atoms with van der Waals surface area (Å²) in [4.78, 5) is 2.74. The third kappa shape index (κ3) is 5.24. The molecule has 0 N–H and O–H groups in total. The zero-order valence-electron chi connectivity index (χ0n) is 10.2. The summed E-state index contributed by atoms with van der Waals surface area (Å²) in [7, 11) is -7.02. The fraction of sp³-hybridized carbons (Fsp3) is 0.778. The topological polar surface area (TPSA) is 55.8 Å². The van der Waals surface area contributed by atoms with Crippen LogP contribution in [-0.2, 0) is 18.9 Å². The normalized spacial score (nSPS) is 20.5. The molecule has 17 heavy (non-hydrogen) atoms. The quantitative estimate of drug-likeness (QED) is 0.731. The number of halogens is 1. The maximum Gasteiger partial charge on any atom is 0.447 e. The summed E-state index contributed by atoms with van der Waals surface area (Å²) < 4.78 is 43.3. The molecule has 1 aliphatic rings. The van der Waals surface area contributed by atoms with E-state index < -0.39 is 20.8 Å². The number of hydrogen-bond donors (Lipinski definition) is 0. The highest BCUT2D eigenvalue weighted by Crippen LogP contribution is 2.51. The molecule has 0 atom stereocenters. The van der Waals surface area contributed by atoms with Gasteiger partial charge in [-0.3, -0.25) is 0 Å². The Bertz CT molecular complexity index is 388. The van der Waals surface area contributed by atoms with Crippen LogP contribution in [0.5, 0.6) is 0 Å². The Morgan fingerprint density at radius 3 is 2.35 bits per heavy atom. The second-order valence-electron chi connectivity index (χ2n) is 4.08. The minimum atomic E-state index is -4.91. The van der Waals surface area contributed by atoms with Gasteiger partial charge in [0.05, 0.1) is 13.2 Å². The number of nitrogens with zero attached hydrogens (tertiary/aromatic N) is 1. The maximum atomic E-state index is 12.5. The molecule has 1 fully saturated rings. The molecule has 0 spiro atoms. The monoisotopic (exact) mass is 287 g/mol. The first-order chi connectivity index (χ1) is 7.71. The van der Waals surface area contributed by atoms with Crippen molar-refractivity contribution in [1.29, 1.82) is 0 Å². The van der Waals surface area contributed by atoms with Crippen LogP contribution in [0.2, 0.25) is 0 Å². The van der Waals surface area contributed by atoms with Crippen LogP contribution in [0.1, 0.15) is 6.92 Å². The molecule has 0 aromatic heterocycles. The predicted molar refractivity (Wildman–Crippen MR) is 66.7 cm³/mol. The van der Waals surface area contributed by atoms with Gasteiger partial charge in [-0.1, -0.05) is 14.2 Å². The van der Waals surface area contributed by atoms with E-state index in [0.29, 0.717) is 13.2 Å². The molecule has 0 amide bonds. The zero-order chi connectivity index (χ0) is 13.1. The molecular formula is C9H18FNO4S2. The molecule has 5 nitrogen and oxygen atoms in total. The van der Waals surface area contributed by atoms with Crippen LogP contribution >= 0.6 is 10.3 Å². The molecule has 0 saturated carbocycles. The van der Waals surface area contributed by atoms with E-state index in [1.165, 1.54) is 0 Å². The van der Waals surface area contributed by atoms with Crippen LogP contribution < -0.4 is 0 Å². The minimum Gasteiger partial charge on any atom is -0.378 e. The Morgan fingerprint density at radius 2 is 1.88 bits per heavy atom. The predicted octanol–water partition coefficient (Wildman–Crippen LogP) is 1.39. The fourth-order valence-corrected chi connectivity index (χ4v) is 3.81. The highest BCUT2D eigenvalue weighted by molar-refractivity contribution is 8.34. The maximum absolute atomic E-state index is 12.5. The second kappa shape index (κ2) is 5.55. The van der Waals surface area contributed by atoms with E-state index in [2.05, 4.69) is 3.63 Å². The Hall–Kier alpha value is -0.310. The highest BCUT2D eigenvalue weighted by Gasteiger charge is 2.24. The molecule has 1 heterocycles. The van der Waals surface area contributed by atoms with Crippen molar-refractivity contribution in [2.75, 3.05) is 38.8 Å². The number of morpholine rings is 1. The molecule has 1 rings (SSSR count). The molecule has 1 aliphatic heterocycles. The standard InChI is InChI=1S/C9H18FNO4S2/c1-9(8-11-4-6-14-7-5-11)16(2,3)15-17(10,12)13/h8H,4-7H2,1-3H3/b9-8+. The SMILES string of the molecule is C/C(=C\N1CCOCC1)S(C)(C)OS(=O)(=O)F. The Labute approximate surface area is 104 Å². The third-order valence-corrected chi connectivity index (χ3v) is 6.10. The van der Waals surface area contributed by atoms with Crippen LogP contribution in [0, 0.1) is 0 Å². The summed E-state index contributed by atoms with van der Waals surface area (Å²) in [5.41, 5.74) is 0. The smallest absolute Gasteiger partial charge is 0.378 e. The van der Waals surface area contributed by atoms with Crippen molar-refractivity contribution in [2.45, 2.75) is 6.92 Å². The fourth-order valence-electron chi connectivity index (χ4n) is 1.35. The minimum absolute atomic E-state index is 0.641. The van der Waals surface area contributed by atoms with Gasteiger partial charge in [-0.2, -0.15) is 12.0 Å². The van der Waals surface area contributed by atoms with E-state index in [9.17, 15) is 12.3 Å². The Kier molecular flexibility index (Phi) is 4.82. The lowest BCUT2D eigenvalue weighted by Crippen LogP contribution is -2.32. The van der Waals surface area contributed by atoms with Crippen LogP contribution in [0.3, 0.4) is 0 Å². The van der Waals surface area contributed by atoms with Gasteiger partial charge in [0, 0.05) is 24.2 Å². The van der Waals surface area contributed by atoms with Crippen molar-refractivity contribution in [3.63, 3.8) is 0 Å². The van der Waals surface area contributed by atoms with Gasteiger partial charge in [0.1, 0.15) is 0 Å². The lowest BCUT2D eigenvalue weighted by molar-refractivity contribution is 0.0592. The molecule has 0 aromatic carbocycles. The number of hydrogen-bond acceptors (Lipinski definition) is 5. The van der Waals surface area contributed by atoms with Crippen molar-refractivity contribution in [3.05, 3.63) is 11.1 Å². The van der Waals surface area contributed by atoms with E-state index in [-0.39, 0.29) is 0 Å². The molecule has 0 aromatic rings. The first-order valence-electron chi connectivity index (χ1n) is 5.10. The summed E-state index contributed by atoms with van der Waals surface area (Å²) in [5, 5.41) is 0. The number of rotatable bonds is 4. The van der Waals surface area contributed by atoms with Gasteiger partial charge in [-0.25, -0.2) is 0 Å². The van der Waals surface area contributed by atoms with E-state index in [4.69, 9.17) is 4.74 Å². The average molecular weight is 287 g/mol. The van der Waals surface area contributed by atoms with E-state index in [1.807, 2.05) is 11.1 Å². The third-order valence-electron chi connectivity index (χ3n) is 2.44. The largest absolute Gasteiger partial charge is 0.447 e. The van der Waals surface area contributed by atoms with Crippen LogP contribution in [0.25, 0.3) is 0 Å². The lowest BCUT2D eigenvalue weighted by atomic mass is 10.4. The van der Waals surface area contributed by atoms with E-state index in [0.717, 1.165) is 18.0 Å². The second-order valence-corrected chi connectivity index (χ2v) is 8.52. The van der Waals surface area contributed by atoms with Gasteiger partial charge >= 0.3 is 10.5 Å². The van der Waals surface area contributed by atoms with Gasteiger partial charge in [-0.15, -0.1) is 0 Å². The summed E-state index contributed by atoms with van der Waals surface area (Å²) in [6.07, 6.45) is 5.01. The first-order valence-corrected chi connectivity index (χ1v) is 8.78. The van der Waals surface area contributed by atoms with Crippen LogP contribution in [-0.4, -0.2) is 52.1 Å². The number of ether oxygens (including phenoxy) is 1. The van der Waals surface area contributed by atoms with Crippen molar-refractivity contribution >= 4 is 20.8 Å². The van der Waals surface area contributed by atoms with Crippen molar-refractivity contribution < 1.29 is 20.7 Å². The average Bonchev–Trinajstić information content (AvgIpc) is 2.15. The summed E-state index contributed by atoms with van der Waals surface area (Å²) in [5.74, 6) is 0. The lowest BCUT2D eigenvalue weighted by Gasteiger charge is -2.32. The van der Waals surface area contributed by atoms with Gasteiger partial charge in [0.15, 0.2) is 0 Å². The van der Waals surface area contributed by atoms with Gasteiger partial charge in [-0.05, 0) is 19.4 Å². The Morgan fingerprint density at radius 1 is 1.35 bits per heavy atom. The first kappa shape index (κ1) is 14.7. The van der Waals surface area contributed by atoms with E-state index >= 15 is 0 Å². The molecular weight excluding hydrogens is 269 g/mol. The van der Waals surface area contributed by atoms with Crippen LogP contribution in [0.4, 0.5) is 3.89 Å². The molecule has 0 aliphatic carbocycles. The molecule has 0 radical (unpaired) electrons. The molecule has 0 unspecified atom stereocenters. The molecule has 1 saturated heterocycles. The number of allylic oxidation sites excluding steroid dienone is 1. The molecule has 0 bridgehead atoms. The zero-order valence-corrected chi connectivity index (χ0v) is 11.8. The highest BCUT2D eigenvalue weighted by atomic mass is 32.3. The van der Waals surface area contributed by atoms with Gasteiger partial charge < -0.3 is 9.64 Å². The Balaban J connectivity index is 2.72.